The Bertz CT molecular complexity index is 428. The topological polar surface area (TPSA) is 75.8 Å². The van der Waals surface area contributed by atoms with Crippen molar-refractivity contribution < 1.29 is 14.8 Å². The summed E-state index contributed by atoms with van der Waals surface area (Å²) in [6.07, 6.45) is 0. The van der Waals surface area contributed by atoms with E-state index in [-0.39, 0.29) is 12.3 Å². The molecule has 6 nitrogen and oxygen atoms in total. The summed E-state index contributed by atoms with van der Waals surface area (Å²) in [6, 6.07) is 5.10. The number of hydrogen-bond donors (Lipinski definition) is 1. The summed E-state index contributed by atoms with van der Waals surface area (Å²) < 4.78 is 5.65. The predicted molar refractivity (Wildman–Crippen MR) is 75.0 cm³/mol. The largest absolute Gasteiger partial charge is 0.394 e. The van der Waals surface area contributed by atoms with E-state index in [1.165, 1.54) is 0 Å². The van der Waals surface area contributed by atoms with E-state index in [9.17, 15) is 10.1 Å². The lowest BCUT2D eigenvalue weighted by atomic mass is 10.2. The average molecular weight is 333 g/mol. The number of nitrogens with zero attached hydrogens (tertiary/aromatic N) is 2. The maximum absolute atomic E-state index is 10.8. The van der Waals surface area contributed by atoms with E-state index in [1.807, 2.05) is 18.0 Å². The lowest BCUT2D eigenvalue weighted by Gasteiger charge is -2.16. The van der Waals surface area contributed by atoms with Gasteiger partial charge in [0.1, 0.15) is 0 Å². The third-order valence-corrected chi connectivity index (χ3v) is 3.18. The molecule has 0 heterocycles. The molecule has 0 saturated carbocycles. The number of nitro groups is 1. The summed E-state index contributed by atoms with van der Waals surface area (Å²) in [5.74, 6) is 0. The van der Waals surface area contributed by atoms with Crippen LogP contribution >= 0.6 is 15.9 Å². The van der Waals surface area contributed by atoms with Gasteiger partial charge in [0.05, 0.1) is 29.2 Å². The summed E-state index contributed by atoms with van der Waals surface area (Å²) in [7, 11) is 1.91. The highest BCUT2D eigenvalue weighted by Crippen LogP contribution is 2.25. The molecular weight excluding hydrogens is 316 g/mol. The van der Waals surface area contributed by atoms with Gasteiger partial charge in [-0.3, -0.25) is 15.0 Å². The van der Waals surface area contributed by atoms with Crippen molar-refractivity contribution >= 4 is 21.6 Å². The summed E-state index contributed by atoms with van der Waals surface area (Å²) in [5, 5.41) is 19.4. The first kappa shape index (κ1) is 16.0. The Labute approximate surface area is 120 Å². The fourth-order valence-electron chi connectivity index (χ4n) is 1.57. The molecule has 0 fully saturated rings. The quantitative estimate of drug-likeness (QED) is 0.446. The van der Waals surface area contributed by atoms with Crippen LogP contribution in [0.1, 0.15) is 5.56 Å². The smallest absolute Gasteiger partial charge is 0.283 e. The predicted octanol–water partition coefficient (Wildman–Crippen LogP) is 1.80. The molecule has 0 atom stereocenters. The second-order valence-electron chi connectivity index (χ2n) is 4.12. The van der Waals surface area contributed by atoms with Crippen molar-refractivity contribution in [1.82, 2.24) is 4.90 Å². The fraction of sp³-hybridized carbons (Fsp3) is 0.500. The molecule has 19 heavy (non-hydrogen) atoms. The van der Waals surface area contributed by atoms with Crippen LogP contribution in [-0.4, -0.2) is 48.3 Å². The Morgan fingerprint density at radius 3 is 2.84 bits per heavy atom. The summed E-state index contributed by atoms with van der Waals surface area (Å²) in [4.78, 5) is 12.4. The molecule has 0 spiro atoms. The molecule has 0 amide bonds. The number of aliphatic hydroxyl groups is 1. The van der Waals surface area contributed by atoms with Crippen LogP contribution in [0.3, 0.4) is 0 Å². The Morgan fingerprint density at radius 2 is 2.21 bits per heavy atom. The molecular formula is C12H17BrN2O4. The van der Waals surface area contributed by atoms with Gasteiger partial charge in [-0.2, -0.15) is 0 Å². The van der Waals surface area contributed by atoms with Gasteiger partial charge < -0.3 is 9.84 Å². The number of ether oxygens (including phenoxy) is 1. The third-order valence-electron chi connectivity index (χ3n) is 2.51. The first-order valence-electron chi connectivity index (χ1n) is 5.84. The number of halogens is 1. The van der Waals surface area contributed by atoms with Gasteiger partial charge in [-0.15, -0.1) is 0 Å². The molecule has 106 valence electrons. The van der Waals surface area contributed by atoms with Crippen LogP contribution < -0.4 is 0 Å². The van der Waals surface area contributed by atoms with Crippen molar-refractivity contribution in [2.75, 3.05) is 33.4 Å². The van der Waals surface area contributed by atoms with Crippen molar-refractivity contribution in [1.29, 1.82) is 0 Å². The van der Waals surface area contributed by atoms with Crippen LogP contribution in [0.25, 0.3) is 0 Å². The number of aliphatic hydroxyl groups excluding tert-OH is 1. The fourth-order valence-corrected chi connectivity index (χ4v) is 1.97. The third kappa shape index (κ3) is 5.65. The SMILES string of the molecule is CN(CCOCCO)Cc1ccc(Br)c([N+](=O)[O-])c1. The minimum absolute atomic E-state index is 0.0165. The van der Waals surface area contributed by atoms with E-state index in [4.69, 9.17) is 9.84 Å². The molecule has 7 heteroatoms. The average Bonchev–Trinajstić information content (AvgIpc) is 2.36. The molecule has 1 aromatic rings. The van der Waals surface area contributed by atoms with E-state index in [0.717, 1.165) is 5.56 Å². The molecule has 0 saturated heterocycles. The van der Waals surface area contributed by atoms with Gasteiger partial charge in [0, 0.05) is 19.2 Å². The number of nitro benzene ring substituents is 1. The van der Waals surface area contributed by atoms with Gasteiger partial charge in [0.2, 0.25) is 0 Å². The van der Waals surface area contributed by atoms with Crippen molar-refractivity contribution in [2.24, 2.45) is 0 Å². The molecule has 0 aliphatic rings. The lowest BCUT2D eigenvalue weighted by Crippen LogP contribution is -2.23. The molecule has 0 bridgehead atoms. The van der Waals surface area contributed by atoms with Gasteiger partial charge in [0.15, 0.2) is 0 Å². The molecule has 0 unspecified atom stereocenters. The number of likely N-dealkylation sites (N-methyl/N-ethyl adjacent to an activating group) is 1. The number of hydrogen-bond acceptors (Lipinski definition) is 5. The van der Waals surface area contributed by atoms with E-state index in [0.29, 0.717) is 30.8 Å². The van der Waals surface area contributed by atoms with E-state index < -0.39 is 4.92 Å². The highest BCUT2D eigenvalue weighted by atomic mass is 79.9. The molecule has 1 N–H and O–H groups in total. The maximum atomic E-state index is 10.8. The molecule has 1 aromatic carbocycles. The van der Waals surface area contributed by atoms with Gasteiger partial charge in [-0.05, 0) is 34.6 Å². The minimum Gasteiger partial charge on any atom is -0.394 e. The zero-order valence-electron chi connectivity index (χ0n) is 10.7. The highest BCUT2D eigenvalue weighted by Gasteiger charge is 2.12. The van der Waals surface area contributed by atoms with E-state index >= 15 is 0 Å². The maximum Gasteiger partial charge on any atom is 0.283 e. The van der Waals surface area contributed by atoms with Gasteiger partial charge >= 0.3 is 0 Å². The summed E-state index contributed by atoms with van der Waals surface area (Å²) >= 11 is 3.16. The van der Waals surface area contributed by atoms with Crippen molar-refractivity contribution in [3.63, 3.8) is 0 Å². The Morgan fingerprint density at radius 1 is 1.47 bits per heavy atom. The molecule has 0 aliphatic heterocycles. The Balaban J connectivity index is 2.52. The summed E-state index contributed by atoms with van der Waals surface area (Å²) in [5.41, 5.74) is 0.946. The monoisotopic (exact) mass is 332 g/mol. The van der Waals surface area contributed by atoms with Crippen molar-refractivity contribution in [2.45, 2.75) is 6.54 Å². The second-order valence-corrected chi connectivity index (χ2v) is 4.97. The van der Waals surface area contributed by atoms with Crippen LogP contribution in [0.2, 0.25) is 0 Å². The van der Waals surface area contributed by atoms with Gasteiger partial charge in [0.25, 0.3) is 5.69 Å². The van der Waals surface area contributed by atoms with Crippen LogP contribution in [0.5, 0.6) is 0 Å². The second kappa shape index (κ2) is 8.21. The van der Waals surface area contributed by atoms with E-state index in [2.05, 4.69) is 15.9 Å². The first-order valence-corrected chi connectivity index (χ1v) is 6.64. The van der Waals surface area contributed by atoms with Crippen LogP contribution in [0.4, 0.5) is 5.69 Å². The Kier molecular flexibility index (Phi) is 6.93. The van der Waals surface area contributed by atoms with Gasteiger partial charge in [-0.25, -0.2) is 0 Å². The normalized spacial score (nSPS) is 10.9. The Hall–Kier alpha value is -1.02. The zero-order chi connectivity index (χ0) is 14.3. The van der Waals surface area contributed by atoms with Crippen LogP contribution in [0.15, 0.2) is 22.7 Å². The zero-order valence-corrected chi connectivity index (χ0v) is 12.3. The minimum atomic E-state index is -0.405. The molecule has 0 aromatic heterocycles. The molecule has 1 rings (SSSR count). The first-order chi connectivity index (χ1) is 9.04. The standard InChI is InChI=1S/C12H17BrN2O4/c1-14(4-6-19-7-5-16)9-10-2-3-11(13)12(8-10)15(17)18/h2-3,8,16H,4-7,9H2,1H3. The van der Waals surface area contributed by atoms with E-state index in [1.54, 1.807) is 12.1 Å². The number of rotatable bonds is 8. The van der Waals surface area contributed by atoms with Crippen molar-refractivity contribution in [3.8, 4) is 0 Å². The van der Waals surface area contributed by atoms with Crippen LogP contribution in [-0.2, 0) is 11.3 Å². The summed E-state index contributed by atoms with van der Waals surface area (Å²) in [6.45, 7) is 2.18. The number of benzene rings is 1. The molecule has 0 aliphatic carbocycles. The van der Waals surface area contributed by atoms with Crippen molar-refractivity contribution in [3.05, 3.63) is 38.3 Å². The van der Waals surface area contributed by atoms with Gasteiger partial charge in [-0.1, -0.05) is 6.07 Å². The lowest BCUT2D eigenvalue weighted by molar-refractivity contribution is -0.385. The highest BCUT2D eigenvalue weighted by molar-refractivity contribution is 9.10. The van der Waals surface area contributed by atoms with Crippen LogP contribution in [0, 0.1) is 10.1 Å². The molecule has 0 radical (unpaired) electrons.